The summed E-state index contributed by atoms with van der Waals surface area (Å²) in [5, 5.41) is 9.77. The number of rotatable bonds is 4. The van der Waals surface area contributed by atoms with Gasteiger partial charge in [0.05, 0.1) is 16.2 Å². The molecule has 0 aliphatic carbocycles. The molecule has 1 aliphatic heterocycles. The summed E-state index contributed by atoms with van der Waals surface area (Å²) in [5.74, 6) is -1.36. The molecule has 1 heterocycles. The number of aliphatic imine (C=N–C) groups is 1. The standard InChI is InChI=1S/C20H16N2O3S/c1-22(16-12-6-5-11-15(16)19(24)25)20-21-18(23)17(26-20)13-7-10-14-8-3-2-4-9-14/h2-13H,1H3,(H,24,25)/b10-7+,17-13-. The molecule has 2 aromatic rings. The number of anilines is 1. The van der Waals surface area contributed by atoms with Gasteiger partial charge in [0.15, 0.2) is 5.17 Å². The van der Waals surface area contributed by atoms with Gasteiger partial charge in [-0.2, -0.15) is 4.99 Å². The van der Waals surface area contributed by atoms with E-state index in [4.69, 9.17) is 0 Å². The maximum atomic E-state index is 12.1. The van der Waals surface area contributed by atoms with Crippen molar-refractivity contribution >= 4 is 40.6 Å². The monoisotopic (exact) mass is 364 g/mol. The number of thioether (sulfide) groups is 1. The van der Waals surface area contributed by atoms with E-state index < -0.39 is 5.97 Å². The predicted octanol–water partition coefficient (Wildman–Crippen LogP) is 4.05. The van der Waals surface area contributed by atoms with Gasteiger partial charge in [0.2, 0.25) is 0 Å². The van der Waals surface area contributed by atoms with Crippen LogP contribution in [0.5, 0.6) is 0 Å². The molecule has 1 N–H and O–H groups in total. The van der Waals surface area contributed by atoms with Crippen LogP contribution in [0, 0.1) is 0 Å². The molecule has 6 heteroatoms. The maximum absolute atomic E-state index is 12.1. The van der Waals surface area contributed by atoms with Gasteiger partial charge < -0.3 is 10.0 Å². The molecule has 1 amide bonds. The molecule has 0 atom stereocenters. The number of nitrogens with zero attached hydrogens (tertiary/aromatic N) is 2. The van der Waals surface area contributed by atoms with Gasteiger partial charge in [0, 0.05) is 7.05 Å². The lowest BCUT2D eigenvalue weighted by Gasteiger charge is -2.19. The first-order valence-corrected chi connectivity index (χ1v) is 8.68. The summed E-state index contributed by atoms with van der Waals surface area (Å²) < 4.78 is 0. The van der Waals surface area contributed by atoms with Crippen molar-refractivity contribution in [1.29, 1.82) is 0 Å². The summed E-state index contributed by atoms with van der Waals surface area (Å²) in [4.78, 5) is 29.7. The molecular formula is C20H16N2O3S. The fourth-order valence-electron chi connectivity index (χ4n) is 2.42. The van der Waals surface area contributed by atoms with Gasteiger partial charge in [-0.05, 0) is 35.5 Å². The van der Waals surface area contributed by atoms with E-state index in [0.717, 1.165) is 5.56 Å². The van der Waals surface area contributed by atoms with Crippen LogP contribution in [0.25, 0.3) is 6.08 Å². The molecule has 0 spiro atoms. The Kier molecular flexibility index (Phi) is 5.34. The Hall–Kier alpha value is -3.12. The summed E-state index contributed by atoms with van der Waals surface area (Å²) in [6.07, 6.45) is 5.43. The lowest BCUT2D eigenvalue weighted by atomic mass is 10.1. The molecule has 3 rings (SSSR count). The normalized spacial score (nSPS) is 15.5. The Morgan fingerprint density at radius 3 is 2.54 bits per heavy atom. The smallest absolute Gasteiger partial charge is 0.337 e. The van der Waals surface area contributed by atoms with Crippen molar-refractivity contribution in [1.82, 2.24) is 0 Å². The largest absolute Gasteiger partial charge is 0.478 e. The van der Waals surface area contributed by atoms with Crippen LogP contribution >= 0.6 is 11.8 Å². The first-order chi connectivity index (χ1) is 12.6. The number of aromatic carboxylic acids is 1. The number of allylic oxidation sites excluding steroid dienone is 2. The summed E-state index contributed by atoms with van der Waals surface area (Å²) >= 11 is 1.22. The number of amidine groups is 1. The fraction of sp³-hybridized carbons (Fsp3) is 0.0500. The van der Waals surface area contributed by atoms with E-state index in [2.05, 4.69) is 4.99 Å². The Balaban J connectivity index is 1.77. The van der Waals surface area contributed by atoms with Crippen LogP contribution in [0.1, 0.15) is 15.9 Å². The van der Waals surface area contributed by atoms with Crippen molar-refractivity contribution in [2.75, 3.05) is 11.9 Å². The van der Waals surface area contributed by atoms with Gasteiger partial charge >= 0.3 is 5.97 Å². The lowest BCUT2D eigenvalue weighted by molar-refractivity contribution is -0.113. The second kappa shape index (κ2) is 7.84. The first kappa shape index (κ1) is 17.7. The van der Waals surface area contributed by atoms with Crippen LogP contribution in [0.4, 0.5) is 5.69 Å². The third-order valence-corrected chi connectivity index (χ3v) is 4.81. The van der Waals surface area contributed by atoms with Gasteiger partial charge in [0.25, 0.3) is 5.91 Å². The zero-order chi connectivity index (χ0) is 18.5. The van der Waals surface area contributed by atoms with Crippen molar-refractivity contribution in [3.8, 4) is 0 Å². The second-order valence-corrected chi connectivity index (χ2v) is 6.49. The van der Waals surface area contributed by atoms with Gasteiger partial charge in [-0.15, -0.1) is 0 Å². The van der Waals surface area contributed by atoms with E-state index in [0.29, 0.717) is 15.8 Å². The Morgan fingerprint density at radius 2 is 1.81 bits per heavy atom. The molecule has 0 saturated carbocycles. The zero-order valence-corrected chi connectivity index (χ0v) is 14.8. The van der Waals surface area contributed by atoms with Crippen molar-refractivity contribution in [3.05, 3.63) is 82.8 Å². The first-order valence-electron chi connectivity index (χ1n) is 7.86. The van der Waals surface area contributed by atoms with Crippen LogP contribution in [-0.2, 0) is 4.79 Å². The van der Waals surface area contributed by atoms with E-state index in [1.165, 1.54) is 17.8 Å². The molecule has 0 radical (unpaired) electrons. The summed E-state index contributed by atoms with van der Waals surface area (Å²) in [6, 6.07) is 16.4. The Bertz CT molecular complexity index is 933. The number of para-hydroxylation sites is 1. The Labute approximate surface area is 155 Å². The molecule has 26 heavy (non-hydrogen) atoms. The molecule has 0 fully saturated rings. The topological polar surface area (TPSA) is 70.0 Å². The molecule has 130 valence electrons. The summed E-state index contributed by atoms with van der Waals surface area (Å²) in [7, 11) is 1.70. The highest BCUT2D eigenvalue weighted by Gasteiger charge is 2.26. The lowest BCUT2D eigenvalue weighted by Crippen LogP contribution is -2.24. The zero-order valence-electron chi connectivity index (χ0n) is 14.0. The van der Waals surface area contributed by atoms with Gasteiger partial charge in [-0.25, -0.2) is 4.79 Å². The van der Waals surface area contributed by atoms with Crippen LogP contribution in [0.15, 0.2) is 76.6 Å². The molecule has 0 saturated heterocycles. The van der Waals surface area contributed by atoms with E-state index in [9.17, 15) is 14.7 Å². The third kappa shape index (κ3) is 3.92. The minimum Gasteiger partial charge on any atom is -0.478 e. The number of carbonyl (C=O) groups excluding carboxylic acids is 1. The summed E-state index contributed by atoms with van der Waals surface area (Å²) in [5.41, 5.74) is 1.68. The molecule has 5 nitrogen and oxygen atoms in total. The van der Waals surface area contributed by atoms with Crippen LogP contribution in [0.2, 0.25) is 0 Å². The minimum atomic E-state index is -1.02. The number of carbonyl (C=O) groups is 2. The molecule has 0 bridgehead atoms. The minimum absolute atomic E-state index is 0.159. The highest BCUT2D eigenvalue weighted by atomic mass is 32.2. The van der Waals surface area contributed by atoms with E-state index in [1.54, 1.807) is 42.3 Å². The molecule has 0 unspecified atom stereocenters. The average molecular weight is 364 g/mol. The quantitative estimate of drug-likeness (QED) is 0.829. The highest BCUT2D eigenvalue weighted by Crippen LogP contribution is 2.31. The number of hydrogen-bond donors (Lipinski definition) is 1. The SMILES string of the molecule is CN(C1=NC(=O)/C(=C/C=C/c2ccccc2)S1)c1ccccc1C(=O)O. The number of carboxylic acid groups (broad SMARTS) is 1. The Morgan fingerprint density at radius 1 is 1.12 bits per heavy atom. The molecule has 1 aliphatic rings. The van der Waals surface area contributed by atoms with Crippen LogP contribution in [0.3, 0.4) is 0 Å². The van der Waals surface area contributed by atoms with E-state index in [1.807, 2.05) is 36.4 Å². The predicted molar refractivity (Wildman–Crippen MR) is 105 cm³/mol. The van der Waals surface area contributed by atoms with Crippen molar-refractivity contribution in [2.45, 2.75) is 0 Å². The van der Waals surface area contributed by atoms with Crippen molar-refractivity contribution < 1.29 is 14.7 Å². The second-order valence-electron chi connectivity index (χ2n) is 5.48. The van der Waals surface area contributed by atoms with Crippen LogP contribution < -0.4 is 4.90 Å². The number of amides is 1. The van der Waals surface area contributed by atoms with Crippen LogP contribution in [-0.4, -0.2) is 29.2 Å². The number of carboxylic acids is 1. The van der Waals surface area contributed by atoms with Gasteiger partial charge in [-0.3, -0.25) is 4.79 Å². The number of hydrogen-bond acceptors (Lipinski definition) is 4. The third-order valence-electron chi connectivity index (χ3n) is 3.73. The van der Waals surface area contributed by atoms with Gasteiger partial charge in [-0.1, -0.05) is 54.6 Å². The van der Waals surface area contributed by atoms with E-state index >= 15 is 0 Å². The fourth-order valence-corrected chi connectivity index (χ4v) is 3.26. The van der Waals surface area contributed by atoms with Gasteiger partial charge in [0.1, 0.15) is 0 Å². The van der Waals surface area contributed by atoms with Crippen molar-refractivity contribution in [3.63, 3.8) is 0 Å². The van der Waals surface area contributed by atoms with Crippen molar-refractivity contribution in [2.24, 2.45) is 4.99 Å². The number of benzene rings is 2. The molecule has 0 aromatic heterocycles. The summed E-state index contributed by atoms with van der Waals surface area (Å²) in [6.45, 7) is 0. The maximum Gasteiger partial charge on any atom is 0.337 e. The van der Waals surface area contributed by atoms with E-state index in [-0.39, 0.29) is 11.5 Å². The molecule has 2 aromatic carbocycles. The highest BCUT2D eigenvalue weighted by molar-refractivity contribution is 8.18. The average Bonchev–Trinajstić information content (AvgIpc) is 3.03. The molecular weight excluding hydrogens is 348 g/mol.